The molecule has 5 nitrogen and oxygen atoms in total. The topological polar surface area (TPSA) is 96.0 Å². The van der Waals surface area contributed by atoms with Crippen molar-refractivity contribution in [3.63, 3.8) is 0 Å². The molecule has 0 aromatic heterocycles. The van der Waals surface area contributed by atoms with Gasteiger partial charge in [0, 0.05) is 17.7 Å². The number of nitrogens with two attached hydrogens (primary N) is 1. The van der Waals surface area contributed by atoms with Crippen molar-refractivity contribution >= 4 is 23.5 Å². The van der Waals surface area contributed by atoms with E-state index in [-0.39, 0.29) is 11.5 Å². The van der Waals surface area contributed by atoms with Crippen molar-refractivity contribution in [1.29, 1.82) is 5.26 Å². The molecule has 0 radical (unpaired) electrons. The maximum absolute atomic E-state index is 12.7. The number of allylic oxidation sites excluding steroid dienone is 3. The van der Waals surface area contributed by atoms with Crippen LogP contribution in [0.15, 0.2) is 46.1 Å². The number of dihydropyridines is 1. The summed E-state index contributed by atoms with van der Waals surface area (Å²) in [4.78, 5) is 23.9. The van der Waals surface area contributed by atoms with Crippen LogP contribution in [0.25, 0.3) is 0 Å². The molecular formula is C21H23N3O2S. The minimum absolute atomic E-state index is 0.0864. The van der Waals surface area contributed by atoms with Gasteiger partial charge in [0.05, 0.1) is 28.3 Å². The van der Waals surface area contributed by atoms with Crippen LogP contribution in [0, 0.1) is 11.3 Å². The fraction of sp³-hybridized carbons (Fsp3) is 0.381. The number of hydrogen-bond acceptors (Lipinski definition) is 5. The second-order valence-corrected chi connectivity index (χ2v) is 8.14. The number of carbonyl (C=O) groups is 2. The van der Waals surface area contributed by atoms with Crippen molar-refractivity contribution in [2.45, 2.75) is 44.9 Å². The van der Waals surface area contributed by atoms with Gasteiger partial charge in [-0.25, -0.2) is 0 Å². The lowest BCUT2D eigenvalue weighted by atomic mass is 9.76. The van der Waals surface area contributed by atoms with Crippen LogP contribution in [0.3, 0.4) is 0 Å². The third-order valence-corrected chi connectivity index (χ3v) is 6.00. The van der Waals surface area contributed by atoms with E-state index in [0.29, 0.717) is 28.5 Å². The molecule has 0 saturated carbocycles. The van der Waals surface area contributed by atoms with Crippen molar-refractivity contribution in [3.8, 4) is 6.07 Å². The zero-order valence-electron chi connectivity index (χ0n) is 15.5. The largest absolute Gasteiger partial charge is 0.369 e. The maximum Gasteiger partial charge on any atom is 0.227 e. The molecule has 27 heavy (non-hydrogen) atoms. The lowest BCUT2D eigenvalue weighted by molar-refractivity contribution is -0.116. The van der Waals surface area contributed by atoms with Crippen LogP contribution in [0.2, 0.25) is 0 Å². The van der Waals surface area contributed by atoms with Crippen LogP contribution in [-0.4, -0.2) is 17.4 Å². The molecular weight excluding hydrogens is 358 g/mol. The summed E-state index contributed by atoms with van der Waals surface area (Å²) in [5.41, 5.74) is 9.46. The van der Waals surface area contributed by atoms with Crippen molar-refractivity contribution in [3.05, 3.63) is 57.3 Å². The average Bonchev–Trinajstić information content (AvgIpc) is 2.65. The number of rotatable bonds is 5. The fourth-order valence-electron chi connectivity index (χ4n) is 3.59. The zero-order valence-corrected chi connectivity index (χ0v) is 16.4. The summed E-state index contributed by atoms with van der Waals surface area (Å²) < 4.78 is 0. The fourth-order valence-corrected chi connectivity index (χ4v) is 4.39. The number of benzene rings is 1. The van der Waals surface area contributed by atoms with Gasteiger partial charge < -0.3 is 11.1 Å². The molecule has 0 saturated heterocycles. The highest BCUT2D eigenvalue weighted by Gasteiger charge is 2.37. The van der Waals surface area contributed by atoms with Crippen LogP contribution >= 0.6 is 11.8 Å². The van der Waals surface area contributed by atoms with Crippen molar-refractivity contribution in [2.24, 2.45) is 5.73 Å². The Morgan fingerprint density at radius 3 is 2.63 bits per heavy atom. The normalized spacial score (nSPS) is 19.6. The van der Waals surface area contributed by atoms with Crippen molar-refractivity contribution in [2.75, 3.05) is 5.75 Å². The first-order valence-electron chi connectivity index (χ1n) is 9.10. The number of nitrogens with one attached hydrogen (secondary N) is 1. The smallest absolute Gasteiger partial charge is 0.227 e. The minimum atomic E-state index is -0.441. The van der Waals surface area contributed by atoms with Gasteiger partial charge in [0.1, 0.15) is 0 Å². The molecule has 6 heteroatoms. The van der Waals surface area contributed by atoms with E-state index >= 15 is 0 Å². The van der Waals surface area contributed by atoms with Gasteiger partial charge in [-0.1, -0.05) is 49.9 Å². The molecule has 1 aliphatic heterocycles. The van der Waals surface area contributed by atoms with Gasteiger partial charge >= 0.3 is 0 Å². The number of nitriles is 1. The van der Waals surface area contributed by atoms with Gasteiger partial charge in [-0.2, -0.15) is 5.26 Å². The Morgan fingerprint density at radius 1 is 1.33 bits per heavy atom. The Balaban J connectivity index is 2.09. The van der Waals surface area contributed by atoms with Crippen LogP contribution in [0.4, 0.5) is 0 Å². The number of hydrogen-bond donors (Lipinski definition) is 2. The first-order chi connectivity index (χ1) is 12.9. The van der Waals surface area contributed by atoms with E-state index in [4.69, 9.17) is 5.73 Å². The summed E-state index contributed by atoms with van der Waals surface area (Å²) in [6, 6.07) is 10.4. The summed E-state index contributed by atoms with van der Waals surface area (Å²) in [5.74, 6) is -0.248. The Hall–Kier alpha value is -2.52. The van der Waals surface area contributed by atoms with Gasteiger partial charge in [-0.05, 0) is 29.9 Å². The van der Waals surface area contributed by atoms with Crippen molar-refractivity contribution < 1.29 is 9.59 Å². The average molecular weight is 382 g/mol. The van der Waals surface area contributed by atoms with Crippen LogP contribution < -0.4 is 11.1 Å². The molecule has 1 aromatic rings. The molecule has 0 bridgehead atoms. The molecule has 1 unspecified atom stereocenters. The Kier molecular flexibility index (Phi) is 5.71. The highest BCUT2D eigenvalue weighted by molar-refractivity contribution is 8.03. The predicted octanol–water partition coefficient (Wildman–Crippen LogP) is 3.46. The number of Topliss-reactive ketones (excluding diaryl/α,β-unsaturated/α-hetero) is 1. The number of thioether (sulfide) groups is 1. The third-order valence-electron chi connectivity index (χ3n) is 4.96. The number of ketones is 1. The van der Waals surface area contributed by atoms with Crippen molar-refractivity contribution in [1.82, 2.24) is 5.32 Å². The SMILES string of the molecule is CC(C)c1ccc(C2C(C#N)=C(SCC(N)=O)NC3=C2C(=O)CCC3)cc1. The van der Waals surface area contributed by atoms with Crippen LogP contribution in [0.5, 0.6) is 0 Å². The molecule has 1 aromatic carbocycles. The van der Waals surface area contributed by atoms with Crippen LogP contribution in [-0.2, 0) is 9.59 Å². The zero-order chi connectivity index (χ0) is 19.6. The molecule has 1 heterocycles. The number of amides is 1. The van der Waals surface area contributed by atoms with Gasteiger partial charge in [0.15, 0.2) is 5.78 Å². The van der Waals surface area contributed by atoms with Gasteiger partial charge in [-0.15, -0.1) is 0 Å². The quantitative estimate of drug-likeness (QED) is 0.814. The second-order valence-electron chi connectivity index (χ2n) is 7.16. The Morgan fingerprint density at radius 2 is 2.04 bits per heavy atom. The Labute approximate surface area is 163 Å². The van der Waals surface area contributed by atoms with Gasteiger partial charge in [0.25, 0.3) is 0 Å². The minimum Gasteiger partial charge on any atom is -0.369 e. The Bertz CT molecular complexity index is 876. The number of nitrogens with zero attached hydrogens (tertiary/aromatic N) is 1. The third kappa shape index (κ3) is 3.93. The first kappa shape index (κ1) is 19.2. The monoisotopic (exact) mass is 381 g/mol. The molecule has 3 N–H and O–H groups in total. The van der Waals surface area contributed by atoms with E-state index in [0.717, 1.165) is 24.1 Å². The molecule has 0 spiro atoms. The van der Waals surface area contributed by atoms with E-state index < -0.39 is 11.8 Å². The summed E-state index contributed by atoms with van der Waals surface area (Å²) in [6.45, 7) is 4.26. The molecule has 1 amide bonds. The number of primary amides is 1. The number of carbonyl (C=O) groups excluding carboxylic acids is 2. The van der Waals surface area contributed by atoms with Crippen LogP contribution in [0.1, 0.15) is 56.1 Å². The molecule has 1 aliphatic carbocycles. The lowest BCUT2D eigenvalue weighted by Gasteiger charge is -2.33. The maximum atomic E-state index is 12.7. The standard InChI is InChI=1S/C21H23N3O2S/c1-12(2)13-6-8-14(9-7-13)19-15(10-22)21(27-11-18(23)26)24-16-4-3-5-17(25)20(16)19/h6-9,12,19,24H,3-5,11H2,1-2H3,(H2,23,26). The van der Waals surface area contributed by atoms with E-state index in [1.54, 1.807) is 0 Å². The molecule has 2 aliphatic rings. The first-order valence-corrected chi connectivity index (χ1v) is 10.1. The van der Waals surface area contributed by atoms with E-state index in [1.165, 1.54) is 17.3 Å². The summed E-state index contributed by atoms with van der Waals surface area (Å²) in [7, 11) is 0. The summed E-state index contributed by atoms with van der Waals surface area (Å²) in [5, 5.41) is 13.7. The molecule has 0 fully saturated rings. The second kappa shape index (κ2) is 8.01. The lowest BCUT2D eigenvalue weighted by Crippen LogP contribution is -2.31. The van der Waals surface area contributed by atoms with E-state index in [1.807, 2.05) is 12.1 Å². The van der Waals surface area contributed by atoms with E-state index in [2.05, 4.69) is 37.4 Å². The predicted molar refractivity (Wildman–Crippen MR) is 107 cm³/mol. The van der Waals surface area contributed by atoms with E-state index in [9.17, 15) is 14.9 Å². The highest BCUT2D eigenvalue weighted by atomic mass is 32.2. The molecule has 3 rings (SSSR count). The summed E-state index contributed by atoms with van der Waals surface area (Å²) >= 11 is 1.23. The molecule has 140 valence electrons. The molecule has 1 atom stereocenters. The highest BCUT2D eigenvalue weighted by Crippen LogP contribution is 2.44. The summed E-state index contributed by atoms with van der Waals surface area (Å²) in [6.07, 6.45) is 2.06. The van der Waals surface area contributed by atoms with Gasteiger partial charge in [-0.3, -0.25) is 9.59 Å². The van der Waals surface area contributed by atoms with Gasteiger partial charge in [0.2, 0.25) is 5.91 Å².